The van der Waals surface area contributed by atoms with Crippen molar-refractivity contribution in [3.63, 3.8) is 0 Å². The lowest BCUT2D eigenvalue weighted by Crippen LogP contribution is -2.40. The summed E-state index contributed by atoms with van der Waals surface area (Å²) in [6, 6.07) is 1.49. The Morgan fingerprint density at radius 3 is 2.27 bits per heavy atom. The first-order valence-electron chi connectivity index (χ1n) is 6.58. The first kappa shape index (κ1) is 13.2. The van der Waals surface area contributed by atoms with Crippen molar-refractivity contribution >= 4 is 8.07 Å². The Hall–Kier alpha value is 0.177. The zero-order valence-corrected chi connectivity index (χ0v) is 12.3. The Balaban J connectivity index is 2.46. The normalized spacial score (nSPS) is 21.4. The molecule has 0 radical (unpaired) electrons. The molecule has 1 nitrogen and oxygen atoms in total. The molecule has 1 aliphatic rings. The standard InChI is InChI=1S/C13H29NSi/c1-6-9-14-10-13(2,12-7-8-12)11-15(3,4)5/h12,14H,6-11H2,1-5H3. The third-order valence-corrected chi connectivity index (χ3v) is 5.32. The Kier molecular flexibility index (Phi) is 4.42. The molecule has 90 valence electrons. The summed E-state index contributed by atoms with van der Waals surface area (Å²) in [6.45, 7) is 14.7. The predicted octanol–water partition coefficient (Wildman–Crippen LogP) is 3.74. The van der Waals surface area contributed by atoms with E-state index in [-0.39, 0.29) is 0 Å². The van der Waals surface area contributed by atoms with Crippen molar-refractivity contribution in [2.75, 3.05) is 13.1 Å². The van der Waals surface area contributed by atoms with Gasteiger partial charge in [0.05, 0.1) is 0 Å². The molecule has 0 spiro atoms. The van der Waals surface area contributed by atoms with Crippen molar-refractivity contribution < 1.29 is 0 Å². The average molecular weight is 227 g/mol. The molecule has 1 atom stereocenters. The van der Waals surface area contributed by atoms with Gasteiger partial charge in [0.25, 0.3) is 0 Å². The fourth-order valence-corrected chi connectivity index (χ4v) is 5.73. The van der Waals surface area contributed by atoms with Gasteiger partial charge in [-0.2, -0.15) is 0 Å². The van der Waals surface area contributed by atoms with Gasteiger partial charge in [-0.25, -0.2) is 0 Å². The van der Waals surface area contributed by atoms with Crippen molar-refractivity contribution in [2.45, 2.75) is 58.8 Å². The van der Waals surface area contributed by atoms with Crippen molar-refractivity contribution in [2.24, 2.45) is 11.3 Å². The fourth-order valence-electron chi connectivity index (χ4n) is 2.89. The van der Waals surface area contributed by atoms with Gasteiger partial charge in [0.2, 0.25) is 0 Å². The second-order valence-electron chi connectivity index (χ2n) is 6.84. The molecule has 0 amide bonds. The van der Waals surface area contributed by atoms with E-state index in [1.165, 1.54) is 38.4 Å². The van der Waals surface area contributed by atoms with Crippen molar-refractivity contribution in [1.29, 1.82) is 0 Å². The summed E-state index contributed by atoms with van der Waals surface area (Å²) in [6.07, 6.45) is 4.22. The number of rotatable bonds is 7. The van der Waals surface area contributed by atoms with Crippen LogP contribution in [0.1, 0.15) is 33.1 Å². The Morgan fingerprint density at radius 1 is 1.27 bits per heavy atom. The van der Waals surface area contributed by atoms with E-state index in [2.05, 4.69) is 38.8 Å². The second kappa shape index (κ2) is 5.01. The molecular weight excluding hydrogens is 198 g/mol. The van der Waals surface area contributed by atoms with Gasteiger partial charge in [-0.1, -0.05) is 39.5 Å². The van der Waals surface area contributed by atoms with Gasteiger partial charge in [0.1, 0.15) is 0 Å². The predicted molar refractivity (Wildman–Crippen MR) is 72.1 cm³/mol. The topological polar surface area (TPSA) is 12.0 Å². The lowest BCUT2D eigenvalue weighted by atomic mass is 9.87. The second-order valence-corrected chi connectivity index (χ2v) is 12.3. The highest BCUT2D eigenvalue weighted by molar-refractivity contribution is 6.76. The van der Waals surface area contributed by atoms with Gasteiger partial charge >= 0.3 is 0 Å². The van der Waals surface area contributed by atoms with Gasteiger partial charge in [0.15, 0.2) is 0 Å². The minimum Gasteiger partial charge on any atom is -0.316 e. The van der Waals surface area contributed by atoms with Crippen LogP contribution in [-0.2, 0) is 0 Å². The maximum atomic E-state index is 3.64. The molecule has 1 rings (SSSR count). The SMILES string of the molecule is CCCNCC(C)(C[Si](C)(C)C)C1CC1. The van der Waals surface area contributed by atoms with E-state index in [9.17, 15) is 0 Å². The van der Waals surface area contributed by atoms with Crippen LogP contribution < -0.4 is 5.32 Å². The molecule has 0 aromatic carbocycles. The first-order chi connectivity index (χ1) is 6.87. The van der Waals surface area contributed by atoms with E-state index in [1.54, 1.807) is 0 Å². The molecule has 1 N–H and O–H groups in total. The van der Waals surface area contributed by atoms with Gasteiger partial charge in [0, 0.05) is 14.6 Å². The molecule has 0 bridgehead atoms. The summed E-state index contributed by atoms with van der Waals surface area (Å²) in [7, 11) is -0.916. The summed E-state index contributed by atoms with van der Waals surface area (Å²) in [4.78, 5) is 0. The van der Waals surface area contributed by atoms with Gasteiger partial charge in [-0.3, -0.25) is 0 Å². The third-order valence-electron chi connectivity index (χ3n) is 3.45. The van der Waals surface area contributed by atoms with E-state index < -0.39 is 8.07 Å². The lowest BCUT2D eigenvalue weighted by Gasteiger charge is -2.35. The van der Waals surface area contributed by atoms with Crippen molar-refractivity contribution in [1.82, 2.24) is 5.32 Å². The van der Waals surface area contributed by atoms with Gasteiger partial charge in [-0.15, -0.1) is 0 Å². The molecule has 0 aromatic rings. The average Bonchev–Trinajstić information content (AvgIpc) is 2.82. The Morgan fingerprint density at radius 2 is 1.87 bits per heavy atom. The molecule has 0 aliphatic heterocycles. The highest BCUT2D eigenvalue weighted by Gasteiger charge is 2.43. The van der Waals surface area contributed by atoms with E-state index in [1.807, 2.05) is 0 Å². The Labute approximate surface area is 97.0 Å². The molecule has 1 fully saturated rings. The van der Waals surface area contributed by atoms with Crippen molar-refractivity contribution in [3.05, 3.63) is 0 Å². The van der Waals surface area contributed by atoms with E-state index >= 15 is 0 Å². The van der Waals surface area contributed by atoms with Gasteiger partial charge < -0.3 is 5.32 Å². The van der Waals surface area contributed by atoms with Crippen LogP contribution in [0.2, 0.25) is 25.7 Å². The summed E-state index contributed by atoms with van der Waals surface area (Å²) >= 11 is 0. The summed E-state index contributed by atoms with van der Waals surface area (Å²) in [5, 5.41) is 3.64. The lowest BCUT2D eigenvalue weighted by molar-refractivity contribution is 0.288. The van der Waals surface area contributed by atoms with Crippen LogP contribution in [0.4, 0.5) is 0 Å². The molecule has 1 aliphatic carbocycles. The monoisotopic (exact) mass is 227 g/mol. The Bertz CT molecular complexity index is 193. The van der Waals surface area contributed by atoms with Crippen LogP contribution in [0.15, 0.2) is 0 Å². The molecule has 2 heteroatoms. The molecule has 1 unspecified atom stereocenters. The van der Waals surface area contributed by atoms with E-state index in [0.29, 0.717) is 5.41 Å². The largest absolute Gasteiger partial charge is 0.316 e. The summed E-state index contributed by atoms with van der Waals surface area (Å²) < 4.78 is 0. The number of hydrogen-bond donors (Lipinski definition) is 1. The summed E-state index contributed by atoms with van der Waals surface area (Å²) in [5.74, 6) is 1.02. The molecule has 0 aromatic heterocycles. The van der Waals surface area contributed by atoms with Crippen LogP contribution in [0.3, 0.4) is 0 Å². The maximum absolute atomic E-state index is 3.64. The van der Waals surface area contributed by atoms with Crippen molar-refractivity contribution in [3.8, 4) is 0 Å². The molecule has 0 saturated heterocycles. The minimum absolute atomic E-state index is 0.597. The highest BCUT2D eigenvalue weighted by Crippen LogP contribution is 2.49. The van der Waals surface area contributed by atoms with Gasteiger partial charge in [-0.05, 0) is 37.1 Å². The fraction of sp³-hybridized carbons (Fsp3) is 1.00. The zero-order valence-electron chi connectivity index (χ0n) is 11.3. The van der Waals surface area contributed by atoms with E-state index in [4.69, 9.17) is 0 Å². The molecule has 0 heterocycles. The van der Waals surface area contributed by atoms with Crippen LogP contribution >= 0.6 is 0 Å². The van der Waals surface area contributed by atoms with E-state index in [0.717, 1.165) is 5.92 Å². The third kappa shape index (κ3) is 4.69. The maximum Gasteiger partial charge on any atom is 0.0448 e. The van der Waals surface area contributed by atoms with Crippen LogP contribution in [0, 0.1) is 11.3 Å². The number of nitrogens with one attached hydrogen (secondary N) is 1. The smallest absolute Gasteiger partial charge is 0.0448 e. The minimum atomic E-state index is -0.916. The molecular formula is C13H29NSi. The quantitative estimate of drug-likeness (QED) is 0.516. The van der Waals surface area contributed by atoms with Crippen LogP contribution in [0.5, 0.6) is 0 Å². The van der Waals surface area contributed by atoms with Crippen LogP contribution in [-0.4, -0.2) is 21.2 Å². The number of hydrogen-bond acceptors (Lipinski definition) is 1. The van der Waals surface area contributed by atoms with Crippen LogP contribution in [0.25, 0.3) is 0 Å². The molecule has 1 saturated carbocycles. The molecule has 15 heavy (non-hydrogen) atoms. The first-order valence-corrected chi connectivity index (χ1v) is 10.3. The highest BCUT2D eigenvalue weighted by atomic mass is 28.3. The zero-order chi connectivity index (χ0) is 11.5. The summed E-state index contributed by atoms with van der Waals surface area (Å²) in [5.41, 5.74) is 0.597.